The maximum Gasteiger partial charge on any atom is 0.230 e. The third kappa shape index (κ3) is 5.01. The van der Waals surface area contributed by atoms with Crippen LogP contribution in [0.25, 0.3) is 28.1 Å². The molecule has 1 aromatic heterocycles. The highest BCUT2D eigenvalue weighted by Gasteiger charge is 2.12. The van der Waals surface area contributed by atoms with E-state index in [1.807, 2.05) is 62.4 Å². The number of nitrogens with zero attached hydrogens (tertiary/aromatic N) is 2. The molecule has 0 atom stereocenters. The first-order valence-electron chi connectivity index (χ1n) is 10.0. The zero-order chi connectivity index (χ0) is 21.8. The van der Waals surface area contributed by atoms with Gasteiger partial charge >= 0.3 is 0 Å². The minimum absolute atomic E-state index is 0.164. The first kappa shape index (κ1) is 20.4. The van der Waals surface area contributed by atoms with Crippen molar-refractivity contribution >= 4 is 28.6 Å². The molecule has 0 saturated carbocycles. The van der Waals surface area contributed by atoms with Crippen LogP contribution in [0.3, 0.4) is 0 Å². The van der Waals surface area contributed by atoms with Crippen LogP contribution in [0, 0.1) is 5.82 Å². The molecule has 1 heterocycles. The molecule has 1 amide bonds. The molecule has 4 nitrogen and oxygen atoms in total. The van der Waals surface area contributed by atoms with Crippen molar-refractivity contribution in [2.75, 3.05) is 5.32 Å². The van der Waals surface area contributed by atoms with Crippen molar-refractivity contribution in [2.45, 2.75) is 20.3 Å². The Morgan fingerprint density at radius 1 is 1.00 bits per heavy atom. The number of amides is 1. The van der Waals surface area contributed by atoms with E-state index in [4.69, 9.17) is 0 Å². The summed E-state index contributed by atoms with van der Waals surface area (Å²) in [6.07, 6.45) is 3.69. The van der Waals surface area contributed by atoms with E-state index < -0.39 is 0 Å². The normalized spacial score (nSPS) is 10.7. The highest BCUT2D eigenvalue weighted by Crippen LogP contribution is 2.22. The molecule has 4 aromatic rings. The SMILES string of the molecule is CC(C)=Cc1nc(-c2ccc(F)cc2)cnc1NC(=O)Cc1ccc2ccccc2c1. The van der Waals surface area contributed by atoms with Gasteiger partial charge in [-0.2, -0.15) is 0 Å². The van der Waals surface area contributed by atoms with Gasteiger partial charge in [0.1, 0.15) is 11.5 Å². The number of hydrogen-bond acceptors (Lipinski definition) is 3. The molecule has 0 unspecified atom stereocenters. The number of halogens is 1. The van der Waals surface area contributed by atoms with Crippen LogP contribution in [0.5, 0.6) is 0 Å². The van der Waals surface area contributed by atoms with Crippen molar-refractivity contribution in [3.8, 4) is 11.3 Å². The summed E-state index contributed by atoms with van der Waals surface area (Å²) in [6, 6.07) is 20.1. The Morgan fingerprint density at radius 3 is 2.48 bits per heavy atom. The van der Waals surface area contributed by atoms with Gasteiger partial charge in [-0.25, -0.2) is 14.4 Å². The molecule has 0 saturated heterocycles. The molecule has 0 radical (unpaired) electrons. The van der Waals surface area contributed by atoms with Crippen LogP contribution in [-0.4, -0.2) is 15.9 Å². The molecule has 1 N–H and O–H groups in total. The van der Waals surface area contributed by atoms with Crippen LogP contribution in [0.15, 0.2) is 78.5 Å². The van der Waals surface area contributed by atoms with E-state index in [1.54, 1.807) is 18.3 Å². The molecular weight excluding hydrogens is 389 g/mol. The summed E-state index contributed by atoms with van der Waals surface area (Å²) >= 11 is 0. The van der Waals surface area contributed by atoms with Gasteiger partial charge in [0, 0.05) is 5.56 Å². The Morgan fingerprint density at radius 2 is 1.74 bits per heavy atom. The molecule has 31 heavy (non-hydrogen) atoms. The molecule has 0 aliphatic rings. The molecule has 0 bridgehead atoms. The van der Waals surface area contributed by atoms with Gasteiger partial charge in [-0.05, 0) is 60.5 Å². The van der Waals surface area contributed by atoms with Gasteiger partial charge in [0.2, 0.25) is 5.91 Å². The number of rotatable bonds is 5. The first-order chi connectivity index (χ1) is 15.0. The predicted molar refractivity (Wildman–Crippen MR) is 123 cm³/mol. The summed E-state index contributed by atoms with van der Waals surface area (Å²) < 4.78 is 13.2. The number of carbonyl (C=O) groups excluding carboxylic acids is 1. The van der Waals surface area contributed by atoms with Gasteiger partial charge in [-0.3, -0.25) is 4.79 Å². The lowest BCUT2D eigenvalue weighted by atomic mass is 10.0. The van der Waals surface area contributed by atoms with Crippen molar-refractivity contribution in [3.05, 3.63) is 95.6 Å². The van der Waals surface area contributed by atoms with E-state index in [0.29, 0.717) is 17.2 Å². The number of allylic oxidation sites excluding steroid dienone is 1. The van der Waals surface area contributed by atoms with E-state index in [9.17, 15) is 9.18 Å². The number of aromatic nitrogens is 2. The maximum atomic E-state index is 13.2. The Kier molecular flexibility index (Phi) is 5.85. The van der Waals surface area contributed by atoms with E-state index in [2.05, 4.69) is 15.3 Å². The quantitative estimate of drug-likeness (QED) is 0.436. The lowest BCUT2D eigenvalue weighted by Gasteiger charge is -2.10. The van der Waals surface area contributed by atoms with Crippen LogP contribution < -0.4 is 5.32 Å². The number of hydrogen-bond donors (Lipinski definition) is 1. The summed E-state index contributed by atoms with van der Waals surface area (Å²) in [4.78, 5) is 21.8. The minimum atomic E-state index is -0.307. The summed E-state index contributed by atoms with van der Waals surface area (Å²) in [5.74, 6) is -0.0702. The van der Waals surface area contributed by atoms with Crippen LogP contribution in [0.1, 0.15) is 25.1 Å². The molecule has 0 spiro atoms. The number of benzene rings is 3. The molecule has 0 aliphatic heterocycles. The van der Waals surface area contributed by atoms with Crippen molar-refractivity contribution < 1.29 is 9.18 Å². The first-order valence-corrected chi connectivity index (χ1v) is 10.0. The fourth-order valence-corrected chi connectivity index (χ4v) is 3.34. The maximum absolute atomic E-state index is 13.2. The van der Waals surface area contributed by atoms with Gasteiger partial charge < -0.3 is 5.32 Å². The topological polar surface area (TPSA) is 54.9 Å². The lowest BCUT2D eigenvalue weighted by Crippen LogP contribution is -2.16. The Labute approximate surface area is 180 Å². The largest absolute Gasteiger partial charge is 0.309 e. The molecule has 3 aromatic carbocycles. The number of fused-ring (bicyclic) bond motifs is 1. The number of anilines is 1. The zero-order valence-corrected chi connectivity index (χ0v) is 17.4. The Balaban J connectivity index is 1.57. The number of nitrogens with one attached hydrogen (secondary N) is 1. The van der Waals surface area contributed by atoms with E-state index in [0.717, 1.165) is 27.5 Å². The second-order valence-electron chi connectivity index (χ2n) is 7.62. The molecular formula is C26H22FN3O. The summed E-state index contributed by atoms with van der Waals surface area (Å²) in [5.41, 5.74) is 3.88. The van der Waals surface area contributed by atoms with Gasteiger partial charge in [0.05, 0.1) is 18.3 Å². The van der Waals surface area contributed by atoms with E-state index in [1.165, 1.54) is 12.1 Å². The van der Waals surface area contributed by atoms with Crippen LogP contribution in [-0.2, 0) is 11.2 Å². The van der Waals surface area contributed by atoms with Crippen LogP contribution >= 0.6 is 0 Å². The Hall–Kier alpha value is -3.86. The average molecular weight is 411 g/mol. The van der Waals surface area contributed by atoms with E-state index >= 15 is 0 Å². The number of carbonyl (C=O) groups is 1. The second-order valence-corrected chi connectivity index (χ2v) is 7.62. The fraction of sp³-hybridized carbons (Fsp3) is 0.115. The van der Waals surface area contributed by atoms with E-state index in [-0.39, 0.29) is 18.1 Å². The molecule has 5 heteroatoms. The third-order valence-corrected chi connectivity index (χ3v) is 4.80. The van der Waals surface area contributed by atoms with Crippen molar-refractivity contribution in [2.24, 2.45) is 0 Å². The molecule has 154 valence electrons. The monoisotopic (exact) mass is 411 g/mol. The van der Waals surface area contributed by atoms with Crippen LogP contribution in [0.4, 0.5) is 10.2 Å². The van der Waals surface area contributed by atoms with Crippen molar-refractivity contribution in [1.29, 1.82) is 0 Å². The average Bonchev–Trinajstić information content (AvgIpc) is 2.75. The molecule has 0 fully saturated rings. The summed E-state index contributed by atoms with van der Waals surface area (Å²) in [7, 11) is 0. The van der Waals surface area contributed by atoms with Gasteiger partial charge in [0.25, 0.3) is 0 Å². The third-order valence-electron chi connectivity index (χ3n) is 4.80. The smallest absolute Gasteiger partial charge is 0.230 e. The minimum Gasteiger partial charge on any atom is -0.309 e. The lowest BCUT2D eigenvalue weighted by molar-refractivity contribution is -0.115. The van der Waals surface area contributed by atoms with Crippen LogP contribution in [0.2, 0.25) is 0 Å². The van der Waals surface area contributed by atoms with Crippen molar-refractivity contribution in [3.63, 3.8) is 0 Å². The van der Waals surface area contributed by atoms with Crippen molar-refractivity contribution in [1.82, 2.24) is 9.97 Å². The zero-order valence-electron chi connectivity index (χ0n) is 17.4. The van der Waals surface area contributed by atoms with Gasteiger partial charge in [0.15, 0.2) is 5.82 Å². The highest BCUT2D eigenvalue weighted by molar-refractivity contribution is 5.94. The summed E-state index contributed by atoms with van der Waals surface area (Å²) in [5, 5.41) is 5.12. The standard InChI is InChI=1S/C26H22FN3O/c1-17(2)13-23-26(28-16-24(29-23)20-9-11-22(27)12-10-20)30-25(31)15-18-7-8-19-5-3-4-6-21(19)14-18/h3-14,16H,15H2,1-2H3,(H,28,30,31). The second kappa shape index (κ2) is 8.88. The molecule has 0 aliphatic carbocycles. The highest BCUT2D eigenvalue weighted by atomic mass is 19.1. The Bertz CT molecular complexity index is 1280. The molecule has 4 rings (SSSR count). The van der Waals surface area contributed by atoms with Gasteiger partial charge in [-0.1, -0.05) is 48.0 Å². The summed E-state index contributed by atoms with van der Waals surface area (Å²) in [6.45, 7) is 3.90. The van der Waals surface area contributed by atoms with Gasteiger partial charge in [-0.15, -0.1) is 0 Å². The predicted octanol–water partition coefficient (Wildman–Crippen LogP) is 6.04. The fourth-order valence-electron chi connectivity index (χ4n) is 3.34.